The highest BCUT2D eigenvalue weighted by atomic mass is 32.2. The summed E-state index contributed by atoms with van der Waals surface area (Å²) in [5.74, 6) is -1.13. The maximum absolute atomic E-state index is 12.4. The predicted molar refractivity (Wildman–Crippen MR) is 76.7 cm³/mol. The van der Waals surface area contributed by atoms with Crippen LogP contribution in [0.5, 0.6) is 0 Å². The number of piperazine rings is 1. The van der Waals surface area contributed by atoms with Crippen molar-refractivity contribution in [3.8, 4) is 0 Å². The van der Waals surface area contributed by atoms with E-state index in [0.29, 0.717) is 32.2 Å². The quantitative estimate of drug-likeness (QED) is 0.870. The van der Waals surface area contributed by atoms with Gasteiger partial charge in [-0.25, -0.2) is 18.2 Å². The zero-order chi connectivity index (χ0) is 15.6. The normalized spacial score (nSPS) is 18.0. The fourth-order valence-electron chi connectivity index (χ4n) is 2.25. The minimum atomic E-state index is -3.65. The maximum atomic E-state index is 12.4. The first-order valence-electron chi connectivity index (χ1n) is 6.76. The van der Waals surface area contributed by atoms with Gasteiger partial charge in [-0.05, 0) is 26.0 Å². The van der Waals surface area contributed by atoms with E-state index >= 15 is 0 Å². The maximum Gasteiger partial charge on any atom is 0.337 e. The molecule has 8 heteroatoms. The molecule has 0 saturated carbocycles. The van der Waals surface area contributed by atoms with E-state index in [1.807, 2.05) is 0 Å². The molecule has 21 heavy (non-hydrogen) atoms. The molecule has 0 spiro atoms. The Hall–Kier alpha value is -1.51. The Morgan fingerprint density at radius 1 is 1.24 bits per heavy atom. The third-order valence-corrected chi connectivity index (χ3v) is 5.41. The molecule has 2 rings (SSSR count). The lowest BCUT2D eigenvalue weighted by Gasteiger charge is -2.35. The molecule has 2 heterocycles. The first-order valence-corrected chi connectivity index (χ1v) is 8.20. The second-order valence-electron chi connectivity index (χ2n) is 5.22. The van der Waals surface area contributed by atoms with Gasteiger partial charge in [0.05, 0.1) is 5.56 Å². The van der Waals surface area contributed by atoms with Crippen LogP contribution in [0.3, 0.4) is 0 Å². The van der Waals surface area contributed by atoms with E-state index in [0.717, 1.165) is 6.20 Å². The van der Waals surface area contributed by atoms with Gasteiger partial charge in [0.1, 0.15) is 0 Å². The van der Waals surface area contributed by atoms with Crippen molar-refractivity contribution in [2.75, 3.05) is 26.2 Å². The summed E-state index contributed by atoms with van der Waals surface area (Å²) in [7, 11) is -3.65. The summed E-state index contributed by atoms with van der Waals surface area (Å²) < 4.78 is 26.3. The van der Waals surface area contributed by atoms with Gasteiger partial charge in [0.15, 0.2) is 5.03 Å². The molecular formula is C13H19N3O4S. The SMILES string of the molecule is CC(C)N1CCN(S(=O)(=O)c2ccc(C(=O)O)cn2)CC1. The van der Waals surface area contributed by atoms with Crippen LogP contribution in [-0.4, -0.2) is 65.9 Å². The fraction of sp³-hybridized carbons (Fsp3) is 0.538. The number of sulfonamides is 1. The highest BCUT2D eigenvalue weighted by molar-refractivity contribution is 7.89. The second kappa shape index (κ2) is 6.08. The van der Waals surface area contributed by atoms with Crippen LogP contribution in [0.2, 0.25) is 0 Å². The summed E-state index contributed by atoms with van der Waals surface area (Å²) >= 11 is 0. The van der Waals surface area contributed by atoms with Gasteiger partial charge >= 0.3 is 5.97 Å². The summed E-state index contributed by atoms with van der Waals surface area (Å²) in [6.45, 7) is 6.37. The average Bonchev–Trinajstić information content (AvgIpc) is 2.47. The van der Waals surface area contributed by atoms with Gasteiger partial charge in [0.25, 0.3) is 10.0 Å². The van der Waals surface area contributed by atoms with Gasteiger partial charge in [-0.3, -0.25) is 4.90 Å². The molecule has 0 aromatic carbocycles. The molecular weight excluding hydrogens is 294 g/mol. The van der Waals surface area contributed by atoms with Crippen molar-refractivity contribution in [2.24, 2.45) is 0 Å². The lowest BCUT2D eigenvalue weighted by molar-refractivity contribution is 0.0696. The van der Waals surface area contributed by atoms with E-state index in [4.69, 9.17) is 5.11 Å². The Kier molecular flexibility index (Phi) is 4.60. The van der Waals surface area contributed by atoms with Crippen molar-refractivity contribution < 1.29 is 18.3 Å². The molecule has 0 amide bonds. The zero-order valence-electron chi connectivity index (χ0n) is 12.1. The number of carboxylic acid groups (broad SMARTS) is 1. The molecule has 116 valence electrons. The first kappa shape index (κ1) is 15.9. The van der Waals surface area contributed by atoms with E-state index in [9.17, 15) is 13.2 Å². The molecule has 0 aliphatic carbocycles. The monoisotopic (exact) mass is 313 g/mol. The molecule has 1 aromatic rings. The van der Waals surface area contributed by atoms with Gasteiger partial charge in [-0.1, -0.05) is 0 Å². The first-order chi connectivity index (χ1) is 9.82. The van der Waals surface area contributed by atoms with Crippen molar-refractivity contribution in [3.05, 3.63) is 23.9 Å². The minimum absolute atomic E-state index is 0.0291. The summed E-state index contributed by atoms with van der Waals surface area (Å²) in [6, 6.07) is 2.89. The van der Waals surface area contributed by atoms with Crippen molar-refractivity contribution in [3.63, 3.8) is 0 Å². The summed E-state index contributed by atoms with van der Waals surface area (Å²) in [6.07, 6.45) is 1.07. The van der Waals surface area contributed by atoms with Crippen LogP contribution in [0.4, 0.5) is 0 Å². The topological polar surface area (TPSA) is 90.8 Å². The van der Waals surface area contributed by atoms with Crippen molar-refractivity contribution in [2.45, 2.75) is 24.9 Å². The van der Waals surface area contributed by atoms with E-state index < -0.39 is 16.0 Å². The number of rotatable bonds is 4. The fourth-order valence-corrected chi connectivity index (χ4v) is 3.59. The van der Waals surface area contributed by atoms with E-state index in [1.54, 1.807) is 0 Å². The van der Waals surface area contributed by atoms with Gasteiger partial charge in [0.2, 0.25) is 0 Å². The molecule has 0 bridgehead atoms. The lowest BCUT2D eigenvalue weighted by atomic mass is 10.3. The zero-order valence-corrected chi connectivity index (χ0v) is 12.9. The number of hydrogen-bond donors (Lipinski definition) is 1. The Bertz CT molecular complexity index is 605. The number of pyridine rings is 1. The molecule has 0 unspecified atom stereocenters. The number of aromatic nitrogens is 1. The molecule has 1 aliphatic heterocycles. The van der Waals surface area contributed by atoms with E-state index in [-0.39, 0.29) is 10.6 Å². The Balaban J connectivity index is 2.13. The number of aromatic carboxylic acids is 1. The largest absolute Gasteiger partial charge is 0.478 e. The molecule has 0 radical (unpaired) electrons. The Morgan fingerprint density at radius 3 is 2.29 bits per heavy atom. The summed E-state index contributed by atoms with van der Waals surface area (Å²) in [5, 5.41) is 8.70. The van der Waals surface area contributed by atoms with Gasteiger partial charge < -0.3 is 5.11 Å². The molecule has 1 aromatic heterocycles. The van der Waals surface area contributed by atoms with Crippen molar-refractivity contribution in [1.29, 1.82) is 0 Å². The third kappa shape index (κ3) is 3.39. The van der Waals surface area contributed by atoms with Crippen molar-refractivity contribution >= 4 is 16.0 Å². The van der Waals surface area contributed by atoms with Crippen LogP contribution in [0.1, 0.15) is 24.2 Å². The highest BCUT2D eigenvalue weighted by Gasteiger charge is 2.30. The lowest BCUT2D eigenvalue weighted by Crippen LogP contribution is -2.50. The van der Waals surface area contributed by atoms with Crippen molar-refractivity contribution in [1.82, 2.24) is 14.2 Å². The predicted octanol–water partition coefficient (Wildman–Crippen LogP) is 0.494. The number of carbonyl (C=O) groups is 1. The summed E-state index contributed by atoms with van der Waals surface area (Å²) in [4.78, 5) is 16.8. The highest BCUT2D eigenvalue weighted by Crippen LogP contribution is 2.17. The van der Waals surface area contributed by atoms with Crippen LogP contribution in [0, 0.1) is 0 Å². The molecule has 0 atom stereocenters. The number of carboxylic acids is 1. The molecule has 7 nitrogen and oxygen atoms in total. The number of hydrogen-bond acceptors (Lipinski definition) is 5. The van der Waals surface area contributed by atoms with E-state index in [2.05, 4.69) is 23.7 Å². The van der Waals surface area contributed by atoms with Crippen LogP contribution < -0.4 is 0 Å². The molecule has 1 saturated heterocycles. The standard InChI is InChI=1S/C13H19N3O4S/c1-10(2)15-5-7-16(8-6-15)21(19,20)12-4-3-11(9-14-12)13(17)18/h3-4,9-10H,5-8H2,1-2H3,(H,17,18). The van der Waals surface area contributed by atoms with Crippen LogP contribution >= 0.6 is 0 Å². The molecule has 1 fully saturated rings. The smallest absolute Gasteiger partial charge is 0.337 e. The van der Waals surface area contributed by atoms with Crippen LogP contribution in [-0.2, 0) is 10.0 Å². The molecule has 1 N–H and O–H groups in total. The minimum Gasteiger partial charge on any atom is -0.478 e. The Labute approximate surface area is 124 Å². The van der Waals surface area contributed by atoms with Gasteiger partial charge in [-0.2, -0.15) is 4.31 Å². The van der Waals surface area contributed by atoms with E-state index in [1.165, 1.54) is 16.4 Å². The average molecular weight is 313 g/mol. The van der Waals surface area contributed by atoms with Gasteiger partial charge in [-0.15, -0.1) is 0 Å². The summed E-state index contributed by atoms with van der Waals surface area (Å²) in [5.41, 5.74) is -0.0291. The van der Waals surface area contributed by atoms with Gasteiger partial charge in [0, 0.05) is 38.4 Å². The Morgan fingerprint density at radius 2 is 1.86 bits per heavy atom. The van der Waals surface area contributed by atoms with Crippen LogP contribution in [0.15, 0.2) is 23.4 Å². The van der Waals surface area contributed by atoms with Crippen LogP contribution in [0.25, 0.3) is 0 Å². The molecule has 1 aliphatic rings. The second-order valence-corrected chi connectivity index (χ2v) is 7.11. The third-order valence-electron chi connectivity index (χ3n) is 3.59. The number of nitrogens with zero attached hydrogens (tertiary/aromatic N) is 3.